The third-order valence-corrected chi connectivity index (χ3v) is 5.55. The monoisotopic (exact) mass is 402 g/mol. The molecule has 0 aliphatic heterocycles. The van der Waals surface area contributed by atoms with Gasteiger partial charge < -0.3 is 14.8 Å². The maximum atomic E-state index is 12.6. The first-order chi connectivity index (χ1) is 13.4. The van der Waals surface area contributed by atoms with Crippen LogP contribution in [0.1, 0.15) is 47.9 Å². The summed E-state index contributed by atoms with van der Waals surface area (Å²) in [5, 5.41) is 5.27. The highest BCUT2D eigenvalue weighted by Gasteiger charge is 2.28. The smallest absolute Gasteiger partial charge is 0.413 e. The topological polar surface area (TPSA) is 111 Å². The number of aryl methyl sites for hydroxylation is 1. The second-order valence-electron chi connectivity index (χ2n) is 6.03. The number of ether oxygens (including phenoxy) is 2. The van der Waals surface area contributed by atoms with E-state index in [0.29, 0.717) is 28.1 Å². The molecule has 0 saturated carbocycles. The second-order valence-corrected chi connectivity index (χ2v) is 7.14. The van der Waals surface area contributed by atoms with Gasteiger partial charge in [-0.15, -0.1) is 11.3 Å². The van der Waals surface area contributed by atoms with Gasteiger partial charge in [0, 0.05) is 10.4 Å². The molecule has 8 nitrogen and oxygen atoms in total. The average Bonchev–Trinajstić information content (AvgIpc) is 3.27. The lowest BCUT2D eigenvalue weighted by atomic mass is 10.1. The summed E-state index contributed by atoms with van der Waals surface area (Å²) in [6.45, 7) is 0. The van der Waals surface area contributed by atoms with E-state index in [2.05, 4.69) is 20.1 Å². The van der Waals surface area contributed by atoms with Gasteiger partial charge in [-0.1, -0.05) is 0 Å². The molecule has 0 unspecified atom stereocenters. The van der Waals surface area contributed by atoms with Gasteiger partial charge in [0.25, 0.3) is 11.8 Å². The highest BCUT2D eigenvalue weighted by Crippen LogP contribution is 2.39. The Labute approximate surface area is 164 Å². The van der Waals surface area contributed by atoms with Gasteiger partial charge in [-0.25, -0.2) is 9.59 Å². The third-order valence-electron chi connectivity index (χ3n) is 4.34. The van der Waals surface area contributed by atoms with Crippen molar-refractivity contribution in [1.82, 2.24) is 5.32 Å². The number of rotatable bonds is 4. The van der Waals surface area contributed by atoms with E-state index in [9.17, 15) is 19.2 Å². The van der Waals surface area contributed by atoms with E-state index in [-0.39, 0.29) is 0 Å². The summed E-state index contributed by atoms with van der Waals surface area (Å²) in [6.07, 6.45) is 1.59. The summed E-state index contributed by atoms with van der Waals surface area (Å²) in [5.74, 6) is -1.53. The Morgan fingerprint density at radius 1 is 0.929 bits per heavy atom. The number of anilines is 1. The van der Waals surface area contributed by atoms with Crippen molar-refractivity contribution >= 4 is 40.2 Å². The third kappa shape index (κ3) is 3.89. The number of imide groups is 1. The molecule has 2 aromatic rings. The lowest BCUT2D eigenvalue weighted by Gasteiger charge is -2.09. The van der Waals surface area contributed by atoms with E-state index in [4.69, 9.17) is 0 Å². The minimum atomic E-state index is -0.862. The first kappa shape index (κ1) is 19.6. The summed E-state index contributed by atoms with van der Waals surface area (Å²) >= 11 is 1.33. The molecule has 1 heterocycles. The molecule has 0 fully saturated rings. The van der Waals surface area contributed by atoms with Crippen LogP contribution in [-0.4, -0.2) is 38.1 Å². The van der Waals surface area contributed by atoms with Crippen molar-refractivity contribution in [3.05, 3.63) is 51.4 Å². The Bertz CT molecular complexity index is 948. The minimum absolute atomic E-state index is 0.294. The van der Waals surface area contributed by atoms with Crippen molar-refractivity contribution in [1.29, 1.82) is 0 Å². The van der Waals surface area contributed by atoms with E-state index in [1.807, 2.05) is 0 Å². The van der Waals surface area contributed by atoms with Crippen molar-refractivity contribution < 1.29 is 28.7 Å². The maximum absolute atomic E-state index is 12.6. The molecule has 1 aromatic heterocycles. The van der Waals surface area contributed by atoms with E-state index in [1.54, 1.807) is 0 Å². The molecule has 0 saturated heterocycles. The number of carbonyl (C=O) groups is 4. The molecule has 3 rings (SSSR count). The molecular formula is C19H18N2O6S. The van der Waals surface area contributed by atoms with Gasteiger partial charge in [-0.3, -0.25) is 14.9 Å². The highest BCUT2D eigenvalue weighted by molar-refractivity contribution is 7.17. The van der Waals surface area contributed by atoms with Gasteiger partial charge in [-0.2, -0.15) is 0 Å². The number of methoxy groups -OCH3 is 2. The van der Waals surface area contributed by atoms with Crippen molar-refractivity contribution in [2.45, 2.75) is 19.3 Å². The highest BCUT2D eigenvalue weighted by atomic mass is 32.1. The van der Waals surface area contributed by atoms with Crippen LogP contribution in [0.4, 0.5) is 9.80 Å². The average molecular weight is 402 g/mol. The van der Waals surface area contributed by atoms with E-state index in [1.165, 1.54) is 49.8 Å². The number of nitrogens with one attached hydrogen (secondary N) is 2. The Balaban J connectivity index is 1.84. The lowest BCUT2D eigenvalue weighted by molar-refractivity contribution is 0.0600. The molecule has 28 heavy (non-hydrogen) atoms. The van der Waals surface area contributed by atoms with Crippen LogP contribution in [0.2, 0.25) is 0 Å². The van der Waals surface area contributed by atoms with Crippen LogP contribution < -0.4 is 10.6 Å². The number of hydrogen-bond acceptors (Lipinski definition) is 7. The predicted molar refractivity (Wildman–Crippen MR) is 102 cm³/mol. The number of benzene rings is 1. The first-order valence-corrected chi connectivity index (χ1v) is 9.29. The zero-order chi connectivity index (χ0) is 20.3. The fraction of sp³-hybridized carbons (Fsp3) is 0.263. The van der Waals surface area contributed by atoms with Gasteiger partial charge in [-0.05, 0) is 49.1 Å². The number of fused-ring (bicyclic) bond motifs is 1. The van der Waals surface area contributed by atoms with Gasteiger partial charge in [0.1, 0.15) is 5.00 Å². The van der Waals surface area contributed by atoms with Crippen LogP contribution in [0.15, 0.2) is 24.3 Å². The van der Waals surface area contributed by atoms with Crippen LogP contribution in [0.25, 0.3) is 0 Å². The summed E-state index contributed by atoms with van der Waals surface area (Å²) in [5.41, 5.74) is 1.79. The van der Waals surface area contributed by atoms with Gasteiger partial charge in [0.15, 0.2) is 0 Å². The first-order valence-electron chi connectivity index (χ1n) is 8.48. The number of hydrogen-bond donors (Lipinski definition) is 2. The van der Waals surface area contributed by atoms with Crippen molar-refractivity contribution in [2.24, 2.45) is 0 Å². The molecule has 1 aromatic carbocycles. The molecule has 9 heteroatoms. The molecule has 2 N–H and O–H groups in total. The van der Waals surface area contributed by atoms with Gasteiger partial charge in [0.05, 0.1) is 25.3 Å². The quantitative estimate of drug-likeness (QED) is 0.761. The Hall–Kier alpha value is -3.20. The van der Waals surface area contributed by atoms with Gasteiger partial charge in [0.2, 0.25) is 0 Å². The summed E-state index contributed by atoms with van der Waals surface area (Å²) in [4.78, 5) is 49.0. The van der Waals surface area contributed by atoms with Crippen molar-refractivity contribution in [3.8, 4) is 0 Å². The Morgan fingerprint density at radius 2 is 1.61 bits per heavy atom. The molecule has 3 amide bonds. The fourth-order valence-corrected chi connectivity index (χ4v) is 4.27. The van der Waals surface area contributed by atoms with Crippen LogP contribution in [0.5, 0.6) is 0 Å². The number of carbonyl (C=O) groups excluding carboxylic acids is 4. The number of amides is 3. The molecule has 0 spiro atoms. The van der Waals surface area contributed by atoms with E-state index < -0.39 is 23.9 Å². The SMILES string of the molecule is COC(=O)NC(=O)c1c(NC(=O)c2ccc(C(=O)OC)cc2)sc2c1CCC2. The fourth-order valence-electron chi connectivity index (χ4n) is 2.99. The van der Waals surface area contributed by atoms with Crippen molar-refractivity contribution in [2.75, 3.05) is 19.5 Å². The molecule has 146 valence electrons. The van der Waals surface area contributed by atoms with Crippen LogP contribution in [-0.2, 0) is 22.3 Å². The summed E-state index contributed by atoms with van der Waals surface area (Å²) in [7, 11) is 2.45. The largest absolute Gasteiger partial charge is 0.465 e. The van der Waals surface area contributed by atoms with Gasteiger partial charge >= 0.3 is 12.1 Å². The molecular weight excluding hydrogens is 384 g/mol. The lowest BCUT2D eigenvalue weighted by Crippen LogP contribution is -2.31. The minimum Gasteiger partial charge on any atom is -0.465 e. The summed E-state index contributed by atoms with van der Waals surface area (Å²) in [6, 6.07) is 5.97. The zero-order valence-corrected chi connectivity index (χ0v) is 16.1. The molecule has 1 aliphatic carbocycles. The van der Waals surface area contributed by atoms with E-state index >= 15 is 0 Å². The van der Waals surface area contributed by atoms with Crippen LogP contribution in [0.3, 0.4) is 0 Å². The molecule has 0 bridgehead atoms. The Kier molecular flexibility index (Phi) is 5.74. The second kappa shape index (κ2) is 8.22. The molecule has 0 radical (unpaired) electrons. The zero-order valence-electron chi connectivity index (χ0n) is 15.3. The Morgan fingerprint density at radius 3 is 2.25 bits per heavy atom. The van der Waals surface area contributed by atoms with E-state index in [0.717, 1.165) is 23.3 Å². The standard InChI is InChI=1S/C19H18N2O6S/c1-26-18(24)11-8-6-10(7-9-11)15(22)20-17-14(16(23)21-19(25)27-2)12-4-3-5-13(12)28-17/h6-9H,3-5H2,1-2H3,(H,20,22)(H,21,23,25). The number of esters is 1. The maximum Gasteiger partial charge on any atom is 0.413 e. The van der Waals surface area contributed by atoms with Crippen molar-refractivity contribution in [3.63, 3.8) is 0 Å². The predicted octanol–water partition coefficient (Wildman–Crippen LogP) is 2.77. The molecule has 1 aliphatic rings. The number of thiophene rings is 1. The van der Waals surface area contributed by atoms with Crippen LogP contribution >= 0.6 is 11.3 Å². The van der Waals surface area contributed by atoms with Crippen LogP contribution in [0, 0.1) is 0 Å². The normalized spacial score (nSPS) is 12.1. The molecule has 0 atom stereocenters. The number of alkyl carbamates (subject to hydrolysis) is 1. The summed E-state index contributed by atoms with van der Waals surface area (Å²) < 4.78 is 9.11.